The third-order valence-corrected chi connectivity index (χ3v) is 4.57. The molecule has 2 fully saturated rings. The minimum atomic E-state index is 0.175. The van der Waals surface area contributed by atoms with Crippen LogP contribution in [-0.2, 0) is 0 Å². The van der Waals surface area contributed by atoms with Crippen LogP contribution < -0.4 is 0 Å². The van der Waals surface area contributed by atoms with E-state index in [0.29, 0.717) is 10.8 Å². The Morgan fingerprint density at radius 2 is 1.94 bits per heavy atom. The van der Waals surface area contributed by atoms with E-state index in [2.05, 4.69) is 0 Å². The number of ketones is 1. The number of halogens is 1. The summed E-state index contributed by atoms with van der Waals surface area (Å²) >= 11 is 5.93. The molecule has 0 amide bonds. The summed E-state index contributed by atoms with van der Waals surface area (Å²) in [6.07, 6.45) is 3.45. The Morgan fingerprint density at radius 3 is 2.72 bits per heavy atom. The van der Waals surface area contributed by atoms with Gasteiger partial charge in [-0.1, -0.05) is 11.6 Å². The Labute approximate surface area is 110 Å². The highest BCUT2D eigenvalue weighted by atomic mass is 35.5. The van der Waals surface area contributed by atoms with Gasteiger partial charge in [0.05, 0.1) is 0 Å². The van der Waals surface area contributed by atoms with Crippen LogP contribution >= 0.6 is 11.6 Å². The number of hydrogen-bond acceptors (Lipinski definition) is 2. The van der Waals surface area contributed by atoms with Crippen molar-refractivity contribution < 1.29 is 9.21 Å². The first kappa shape index (κ1) is 10.6. The molecule has 4 rings (SSSR count). The summed E-state index contributed by atoms with van der Waals surface area (Å²) in [5.41, 5.74) is 0.742. The van der Waals surface area contributed by atoms with Crippen molar-refractivity contribution in [2.45, 2.75) is 19.3 Å². The minimum Gasteiger partial charge on any atom is -0.453 e. The Hall–Kier alpha value is -1.28. The fourth-order valence-electron chi connectivity index (χ4n) is 3.27. The van der Waals surface area contributed by atoms with Crippen LogP contribution in [0.5, 0.6) is 0 Å². The molecule has 2 aliphatic rings. The molecule has 0 N–H and O–H groups in total. The Balaban J connectivity index is 1.67. The van der Waals surface area contributed by atoms with Gasteiger partial charge in [0.15, 0.2) is 5.76 Å². The van der Waals surface area contributed by atoms with Crippen LogP contribution in [0.3, 0.4) is 0 Å². The van der Waals surface area contributed by atoms with Crippen molar-refractivity contribution in [3.8, 4) is 0 Å². The lowest BCUT2D eigenvalue weighted by Gasteiger charge is -2.07. The van der Waals surface area contributed by atoms with E-state index in [4.69, 9.17) is 16.0 Å². The molecule has 2 nitrogen and oxygen atoms in total. The van der Waals surface area contributed by atoms with Crippen molar-refractivity contribution in [1.82, 2.24) is 0 Å². The highest BCUT2D eigenvalue weighted by Gasteiger charge is 2.48. The normalized spacial score (nSPS) is 29.5. The predicted molar refractivity (Wildman–Crippen MR) is 69.9 cm³/mol. The summed E-state index contributed by atoms with van der Waals surface area (Å²) in [5, 5.41) is 1.58. The molecular weight excluding hydrogens is 248 g/mol. The number of rotatable bonds is 2. The van der Waals surface area contributed by atoms with Crippen LogP contribution in [0.2, 0.25) is 5.02 Å². The zero-order chi connectivity index (χ0) is 12.3. The van der Waals surface area contributed by atoms with E-state index >= 15 is 0 Å². The number of furan rings is 1. The molecule has 0 saturated heterocycles. The number of hydrogen-bond donors (Lipinski definition) is 0. The molecule has 0 spiro atoms. The topological polar surface area (TPSA) is 30.2 Å². The quantitative estimate of drug-likeness (QED) is 0.753. The average Bonchev–Trinajstić information content (AvgIpc) is 2.81. The van der Waals surface area contributed by atoms with Crippen LogP contribution in [0.15, 0.2) is 28.7 Å². The van der Waals surface area contributed by atoms with Gasteiger partial charge in [0, 0.05) is 16.3 Å². The van der Waals surface area contributed by atoms with Crippen molar-refractivity contribution >= 4 is 28.4 Å². The van der Waals surface area contributed by atoms with Crippen LogP contribution in [0.4, 0.5) is 0 Å². The lowest BCUT2D eigenvalue weighted by Crippen LogP contribution is -2.11. The maximum atomic E-state index is 12.3. The summed E-state index contributed by atoms with van der Waals surface area (Å²) in [5.74, 6) is 2.49. The standard InChI is InChI=1S/C15H13ClO2/c16-12-1-2-13-10(6-12)7-14(18-13)15(17)11-4-8-3-9(8)5-11/h1-2,6-9,11H,3-5H2. The number of fused-ring (bicyclic) bond motifs is 2. The van der Waals surface area contributed by atoms with Gasteiger partial charge in [-0.3, -0.25) is 4.79 Å². The lowest BCUT2D eigenvalue weighted by molar-refractivity contribution is 0.0888. The summed E-state index contributed by atoms with van der Waals surface area (Å²) < 4.78 is 5.64. The fourth-order valence-corrected chi connectivity index (χ4v) is 3.45. The summed E-state index contributed by atoms with van der Waals surface area (Å²) in [6, 6.07) is 7.27. The molecule has 1 heterocycles. The van der Waals surface area contributed by atoms with Gasteiger partial charge in [-0.25, -0.2) is 0 Å². The SMILES string of the molecule is O=C(c1cc2cc(Cl)ccc2o1)C1CC2CC2C1. The molecule has 2 aliphatic carbocycles. The van der Waals surface area contributed by atoms with E-state index in [-0.39, 0.29) is 11.7 Å². The van der Waals surface area contributed by atoms with Crippen LogP contribution in [0.1, 0.15) is 29.8 Å². The number of Topliss-reactive ketones (excluding diaryl/α,β-unsaturated/α-hetero) is 1. The largest absolute Gasteiger partial charge is 0.453 e. The number of benzene rings is 1. The van der Waals surface area contributed by atoms with Crippen molar-refractivity contribution in [3.63, 3.8) is 0 Å². The van der Waals surface area contributed by atoms with E-state index in [1.165, 1.54) is 6.42 Å². The van der Waals surface area contributed by atoms with E-state index in [1.807, 2.05) is 18.2 Å². The molecule has 1 aromatic heterocycles. The molecule has 2 aromatic rings. The zero-order valence-electron chi connectivity index (χ0n) is 9.86. The van der Waals surface area contributed by atoms with Crippen molar-refractivity contribution in [1.29, 1.82) is 0 Å². The fraction of sp³-hybridized carbons (Fsp3) is 0.400. The van der Waals surface area contributed by atoms with Gasteiger partial charge in [0.25, 0.3) is 0 Å². The molecule has 2 saturated carbocycles. The third kappa shape index (κ3) is 1.59. The van der Waals surface area contributed by atoms with Crippen LogP contribution in [-0.4, -0.2) is 5.78 Å². The molecule has 2 atom stereocenters. The molecule has 0 bridgehead atoms. The van der Waals surface area contributed by atoms with E-state index < -0.39 is 0 Å². The number of carbonyl (C=O) groups excluding carboxylic acids is 1. The first-order chi connectivity index (χ1) is 8.70. The maximum absolute atomic E-state index is 12.3. The van der Waals surface area contributed by atoms with E-state index in [1.54, 1.807) is 6.07 Å². The lowest BCUT2D eigenvalue weighted by atomic mass is 9.97. The highest BCUT2D eigenvalue weighted by molar-refractivity contribution is 6.31. The molecule has 0 aliphatic heterocycles. The molecular formula is C15H13ClO2. The van der Waals surface area contributed by atoms with Gasteiger partial charge in [-0.2, -0.15) is 0 Å². The van der Waals surface area contributed by atoms with Gasteiger partial charge in [0.2, 0.25) is 5.78 Å². The smallest absolute Gasteiger partial charge is 0.201 e. The van der Waals surface area contributed by atoms with Crippen molar-refractivity contribution in [2.75, 3.05) is 0 Å². The highest BCUT2D eigenvalue weighted by Crippen LogP contribution is 2.55. The Kier molecular flexibility index (Phi) is 2.13. The van der Waals surface area contributed by atoms with Gasteiger partial charge >= 0.3 is 0 Å². The molecule has 18 heavy (non-hydrogen) atoms. The summed E-state index contributed by atoms with van der Waals surface area (Å²) in [6.45, 7) is 0. The first-order valence-corrected chi connectivity index (χ1v) is 6.82. The Morgan fingerprint density at radius 1 is 1.17 bits per heavy atom. The molecule has 1 aromatic carbocycles. The minimum absolute atomic E-state index is 0.175. The summed E-state index contributed by atoms with van der Waals surface area (Å²) in [4.78, 5) is 12.3. The molecule has 92 valence electrons. The van der Waals surface area contributed by atoms with E-state index in [9.17, 15) is 4.79 Å². The predicted octanol–water partition coefficient (Wildman–Crippen LogP) is 4.32. The average molecular weight is 261 g/mol. The molecule has 2 unspecified atom stereocenters. The van der Waals surface area contributed by atoms with Crippen LogP contribution in [0, 0.1) is 17.8 Å². The third-order valence-electron chi connectivity index (χ3n) is 4.34. The second-order valence-corrected chi connectivity index (χ2v) is 6.02. The molecule has 3 heteroatoms. The van der Waals surface area contributed by atoms with Crippen molar-refractivity contribution in [3.05, 3.63) is 35.0 Å². The van der Waals surface area contributed by atoms with Crippen molar-refractivity contribution in [2.24, 2.45) is 17.8 Å². The van der Waals surface area contributed by atoms with Gasteiger partial charge in [0.1, 0.15) is 5.58 Å². The van der Waals surface area contributed by atoms with Gasteiger partial charge < -0.3 is 4.42 Å². The zero-order valence-corrected chi connectivity index (χ0v) is 10.6. The molecule has 0 radical (unpaired) electrons. The first-order valence-electron chi connectivity index (χ1n) is 6.44. The second kappa shape index (κ2) is 3.61. The number of carbonyl (C=O) groups is 1. The Bertz CT molecular complexity index is 633. The second-order valence-electron chi connectivity index (χ2n) is 5.58. The summed E-state index contributed by atoms with van der Waals surface area (Å²) in [7, 11) is 0. The maximum Gasteiger partial charge on any atom is 0.201 e. The van der Waals surface area contributed by atoms with Gasteiger partial charge in [-0.05, 0) is 55.4 Å². The monoisotopic (exact) mass is 260 g/mol. The van der Waals surface area contributed by atoms with Gasteiger partial charge in [-0.15, -0.1) is 0 Å². The van der Waals surface area contributed by atoms with Crippen LogP contribution in [0.25, 0.3) is 11.0 Å². The van der Waals surface area contributed by atoms with E-state index in [0.717, 1.165) is 35.6 Å².